The number of carbonyl (C=O) groups excluding carboxylic acids is 1. The van der Waals surface area contributed by atoms with Crippen LogP contribution in [0.3, 0.4) is 0 Å². The summed E-state index contributed by atoms with van der Waals surface area (Å²) in [6.07, 6.45) is 0. The quantitative estimate of drug-likeness (QED) is 0.849. The number of nitrogens with one attached hydrogen (secondary N) is 1. The van der Waals surface area contributed by atoms with Crippen LogP contribution in [-0.4, -0.2) is 17.0 Å². The van der Waals surface area contributed by atoms with Gasteiger partial charge in [-0.05, 0) is 42.5 Å². The summed E-state index contributed by atoms with van der Waals surface area (Å²) in [5.41, 5.74) is 0.762. The maximum Gasteiger partial charge on any atom is 0.335 e. The summed E-state index contributed by atoms with van der Waals surface area (Å²) in [6.45, 7) is 3.60. The molecule has 0 fully saturated rings. The molecule has 0 saturated heterocycles. The summed E-state index contributed by atoms with van der Waals surface area (Å²) < 4.78 is 5.61. The molecule has 0 spiro atoms. The Morgan fingerprint density at radius 3 is 2.30 bits per heavy atom. The first kappa shape index (κ1) is 16.8. The predicted molar refractivity (Wildman–Crippen MR) is 88.4 cm³/mol. The number of aromatic carboxylic acids is 1. The number of rotatable bonds is 5. The number of benzene rings is 2. The van der Waals surface area contributed by atoms with Gasteiger partial charge >= 0.3 is 5.97 Å². The number of hydrogen-bond acceptors (Lipinski definition) is 3. The maximum absolute atomic E-state index is 11.7. The van der Waals surface area contributed by atoms with Crippen molar-refractivity contribution in [1.29, 1.82) is 0 Å². The normalized spacial score (nSPS) is 10.4. The van der Waals surface area contributed by atoms with Gasteiger partial charge in [0, 0.05) is 11.6 Å². The Morgan fingerprint density at radius 2 is 1.78 bits per heavy atom. The molecule has 6 heteroatoms. The molecule has 0 aliphatic carbocycles. The van der Waals surface area contributed by atoms with E-state index in [9.17, 15) is 9.59 Å². The van der Waals surface area contributed by atoms with Crippen LogP contribution >= 0.6 is 11.6 Å². The molecule has 0 aliphatic heterocycles. The molecule has 5 nitrogen and oxygen atoms in total. The van der Waals surface area contributed by atoms with Crippen molar-refractivity contribution in [2.45, 2.75) is 13.8 Å². The smallest absolute Gasteiger partial charge is 0.335 e. The second-order valence-corrected chi connectivity index (χ2v) is 5.63. The first-order valence-corrected chi connectivity index (χ1v) is 7.36. The Morgan fingerprint density at radius 1 is 1.13 bits per heavy atom. The Balaban J connectivity index is 2.11. The van der Waals surface area contributed by atoms with E-state index in [0.717, 1.165) is 0 Å². The Kier molecular flexibility index (Phi) is 5.24. The highest BCUT2D eigenvalue weighted by Crippen LogP contribution is 2.31. The molecule has 0 aliphatic rings. The lowest BCUT2D eigenvalue weighted by molar-refractivity contribution is -0.118. The zero-order chi connectivity index (χ0) is 17.0. The third kappa shape index (κ3) is 4.47. The molecule has 23 heavy (non-hydrogen) atoms. The van der Waals surface area contributed by atoms with Crippen LogP contribution in [0.1, 0.15) is 24.2 Å². The number of ether oxygens (including phenoxy) is 1. The van der Waals surface area contributed by atoms with Crippen LogP contribution in [0.4, 0.5) is 5.69 Å². The van der Waals surface area contributed by atoms with Crippen molar-refractivity contribution >= 4 is 29.2 Å². The number of halogens is 1. The third-order valence-electron chi connectivity index (χ3n) is 3.05. The van der Waals surface area contributed by atoms with Crippen LogP contribution in [0.2, 0.25) is 5.02 Å². The molecular weight excluding hydrogens is 318 g/mol. The molecule has 0 bridgehead atoms. The van der Waals surface area contributed by atoms with Crippen molar-refractivity contribution in [3.63, 3.8) is 0 Å². The summed E-state index contributed by atoms with van der Waals surface area (Å²) in [7, 11) is 0. The minimum atomic E-state index is -1.00. The van der Waals surface area contributed by atoms with E-state index in [-0.39, 0.29) is 17.4 Å². The summed E-state index contributed by atoms with van der Waals surface area (Å²) in [5.74, 6) is -0.343. The van der Waals surface area contributed by atoms with Crippen molar-refractivity contribution in [1.82, 2.24) is 0 Å². The van der Waals surface area contributed by atoms with Crippen molar-refractivity contribution in [3.05, 3.63) is 53.1 Å². The van der Waals surface area contributed by atoms with Crippen LogP contribution < -0.4 is 10.1 Å². The average Bonchev–Trinajstić information content (AvgIpc) is 2.50. The second kappa shape index (κ2) is 7.15. The minimum absolute atomic E-state index is 0.0982. The van der Waals surface area contributed by atoms with Gasteiger partial charge in [0.15, 0.2) is 0 Å². The van der Waals surface area contributed by atoms with Gasteiger partial charge in [-0.25, -0.2) is 4.79 Å². The summed E-state index contributed by atoms with van der Waals surface area (Å²) in [4.78, 5) is 22.5. The molecule has 0 atom stereocenters. The number of carboxylic acids is 1. The van der Waals surface area contributed by atoms with E-state index in [1.54, 1.807) is 44.2 Å². The van der Waals surface area contributed by atoms with Gasteiger partial charge in [0.2, 0.25) is 5.91 Å². The maximum atomic E-state index is 11.7. The lowest BCUT2D eigenvalue weighted by Gasteiger charge is -2.11. The van der Waals surface area contributed by atoms with Gasteiger partial charge in [-0.1, -0.05) is 25.4 Å². The van der Waals surface area contributed by atoms with Gasteiger partial charge in [-0.3, -0.25) is 4.79 Å². The molecular formula is C17H16ClNO4. The van der Waals surface area contributed by atoms with Gasteiger partial charge in [0.05, 0.1) is 10.6 Å². The molecule has 0 unspecified atom stereocenters. The van der Waals surface area contributed by atoms with E-state index in [1.165, 1.54) is 12.1 Å². The zero-order valence-corrected chi connectivity index (χ0v) is 13.4. The predicted octanol–water partition coefficient (Wildman–Crippen LogP) is 4.43. The van der Waals surface area contributed by atoms with E-state index in [1.807, 2.05) is 0 Å². The lowest BCUT2D eigenvalue weighted by atomic mass is 10.2. The van der Waals surface area contributed by atoms with Crippen LogP contribution in [0.25, 0.3) is 0 Å². The summed E-state index contributed by atoms with van der Waals surface area (Å²) in [5, 5.41) is 11.9. The largest absolute Gasteiger partial charge is 0.478 e. The van der Waals surface area contributed by atoms with Crippen LogP contribution in [0.5, 0.6) is 11.5 Å². The van der Waals surface area contributed by atoms with E-state index in [4.69, 9.17) is 21.4 Å². The Hall–Kier alpha value is -2.53. The molecule has 1 amide bonds. The monoisotopic (exact) mass is 333 g/mol. The van der Waals surface area contributed by atoms with E-state index < -0.39 is 5.97 Å². The average molecular weight is 334 g/mol. The zero-order valence-electron chi connectivity index (χ0n) is 12.7. The first-order valence-electron chi connectivity index (χ1n) is 6.98. The number of hydrogen-bond donors (Lipinski definition) is 2. The molecule has 0 saturated carbocycles. The van der Waals surface area contributed by atoms with Crippen LogP contribution in [0.15, 0.2) is 42.5 Å². The van der Waals surface area contributed by atoms with Gasteiger partial charge in [-0.2, -0.15) is 0 Å². The molecule has 0 heterocycles. The van der Waals surface area contributed by atoms with E-state index in [0.29, 0.717) is 22.2 Å². The van der Waals surface area contributed by atoms with Crippen molar-refractivity contribution in [2.75, 3.05) is 5.32 Å². The van der Waals surface area contributed by atoms with Crippen LogP contribution in [-0.2, 0) is 4.79 Å². The standard InChI is InChI=1S/C17H16ClNO4/c1-10(2)16(20)19-12-5-8-15(14(18)9-12)23-13-6-3-11(4-7-13)17(21)22/h3-10H,1-2H3,(H,19,20)(H,21,22). The highest BCUT2D eigenvalue weighted by molar-refractivity contribution is 6.32. The fraction of sp³-hybridized carbons (Fsp3) is 0.176. The van der Waals surface area contributed by atoms with Gasteiger partial charge in [0.25, 0.3) is 0 Å². The van der Waals surface area contributed by atoms with Gasteiger partial charge in [-0.15, -0.1) is 0 Å². The molecule has 120 valence electrons. The Labute approximate surface area is 138 Å². The summed E-state index contributed by atoms with van der Waals surface area (Å²) in [6, 6.07) is 10.9. The fourth-order valence-corrected chi connectivity index (χ4v) is 1.96. The number of carbonyl (C=O) groups is 2. The first-order chi connectivity index (χ1) is 10.9. The van der Waals surface area contributed by atoms with Gasteiger partial charge < -0.3 is 15.2 Å². The van der Waals surface area contributed by atoms with Crippen LogP contribution in [0, 0.1) is 5.92 Å². The number of carboxylic acid groups (broad SMARTS) is 1. The highest BCUT2D eigenvalue weighted by atomic mass is 35.5. The molecule has 2 aromatic carbocycles. The molecule has 2 N–H and O–H groups in total. The molecule has 2 aromatic rings. The van der Waals surface area contributed by atoms with E-state index >= 15 is 0 Å². The third-order valence-corrected chi connectivity index (χ3v) is 3.35. The molecule has 0 aromatic heterocycles. The fourth-order valence-electron chi connectivity index (χ4n) is 1.74. The Bertz CT molecular complexity index is 726. The topological polar surface area (TPSA) is 75.6 Å². The van der Waals surface area contributed by atoms with Gasteiger partial charge in [0.1, 0.15) is 11.5 Å². The number of amides is 1. The summed E-state index contributed by atoms with van der Waals surface area (Å²) >= 11 is 6.15. The van der Waals surface area contributed by atoms with Crippen molar-refractivity contribution in [3.8, 4) is 11.5 Å². The second-order valence-electron chi connectivity index (χ2n) is 5.22. The van der Waals surface area contributed by atoms with Crippen molar-refractivity contribution in [2.24, 2.45) is 5.92 Å². The molecule has 0 radical (unpaired) electrons. The number of anilines is 1. The SMILES string of the molecule is CC(C)C(=O)Nc1ccc(Oc2ccc(C(=O)O)cc2)c(Cl)c1. The molecule has 2 rings (SSSR count). The highest BCUT2D eigenvalue weighted by Gasteiger charge is 2.10. The van der Waals surface area contributed by atoms with E-state index in [2.05, 4.69) is 5.32 Å². The minimum Gasteiger partial charge on any atom is -0.478 e. The lowest BCUT2D eigenvalue weighted by Crippen LogP contribution is -2.17. The van der Waals surface area contributed by atoms with Crippen molar-refractivity contribution < 1.29 is 19.4 Å².